The van der Waals surface area contributed by atoms with Crippen LogP contribution in [0, 0.1) is 0 Å². The minimum absolute atomic E-state index is 0.197. The second kappa shape index (κ2) is 4.96. The minimum atomic E-state index is -0.572. The molecule has 98 valence electrons. The monoisotopic (exact) mass is 293 g/mol. The van der Waals surface area contributed by atoms with Crippen LogP contribution in [0.2, 0.25) is 4.34 Å². The highest BCUT2D eigenvalue weighted by molar-refractivity contribution is 7.17. The van der Waals surface area contributed by atoms with Crippen molar-refractivity contribution in [2.45, 2.75) is 18.6 Å². The van der Waals surface area contributed by atoms with Crippen LogP contribution in [-0.4, -0.2) is 17.1 Å². The third-order valence-electron chi connectivity index (χ3n) is 3.29. The van der Waals surface area contributed by atoms with Crippen molar-refractivity contribution in [2.75, 3.05) is 0 Å². The van der Waals surface area contributed by atoms with Crippen molar-refractivity contribution in [2.24, 2.45) is 0 Å². The van der Waals surface area contributed by atoms with Gasteiger partial charge in [-0.15, -0.1) is 11.3 Å². The molecule has 0 aliphatic heterocycles. The van der Waals surface area contributed by atoms with Gasteiger partial charge in [0.2, 0.25) is 0 Å². The van der Waals surface area contributed by atoms with Gasteiger partial charge in [0.15, 0.2) is 0 Å². The van der Waals surface area contributed by atoms with Crippen LogP contribution >= 0.6 is 22.9 Å². The van der Waals surface area contributed by atoms with Crippen molar-refractivity contribution < 1.29 is 9.90 Å². The third kappa shape index (κ3) is 2.39. The zero-order chi connectivity index (χ0) is 13.4. The number of aliphatic hydroxyl groups is 1. The van der Waals surface area contributed by atoms with Gasteiger partial charge in [0.05, 0.1) is 21.4 Å². The number of hydrogen-bond acceptors (Lipinski definition) is 3. The molecule has 19 heavy (non-hydrogen) atoms. The SMILES string of the molecule is O=C(N[C@H]1c2ccccc2C[C@H]1O)c1ccc(Cl)s1. The second-order valence-electron chi connectivity index (χ2n) is 4.53. The van der Waals surface area contributed by atoms with E-state index < -0.39 is 6.10 Å². The van der Waals surface area contributed by atoms with Gasteiger partial charge in [0, 0.05) is 6.42 Å². The number of rotatable bonds is 2. The summed E-state index contributed by atoms with van der Waals surface area (Å²) in [5, 5.41) is 13.0. The molecular formula is C14H12ClNO2S. The maximum absolute atomic E-state index is 12.1. The van der Waals surface area contributed by atoms with Gasteiger partial charge < -0.3 is 10.4 Å². The first-order valence-electron chi connectivity index (χ1n) is 5.97. The normalized spacial score (nSPS) is 21.2. The number of hydrogen-bond donors (Lipinski definition) is 2. The molecule has 0 fully saturated rings. The van der Waals surface area contributed by atoms with Crippen LogP contribution in [0.3, 0.4) is 0 Å². The molecule has 1 heterocycles. The first-order chi connectivity index (χ1) is 9.15. The lowest BCUT2D eigenvalue weighted by molar-refractivity contribution is 0.0862. The lowest BCUT2D eigenvalue weighted by Crippen LogP contribution is -2.33. The summed E-state index contributed by atoms with van der Waals surface area (Å²) in [6.45, 7) is 0. The molecule has 0 unspecified atom stereocenters. The summed E-state index contributed by atoms with van der Waals surface area (Å²) in [5.41, 5.74) is 2.08. The Morgan fingerprint density at radius 1 is 1.32 bits per heavy atom. The molecule has 0 spiro atoms. The largest absolute Gasteiger partial charge is 0.390 e. The van der Waals surface area contributed by atoms with E-state index in [1.54, 1.807) is 12.1 Å². The molecule has 0 radical (unpaired) electrons. The van der Waals surface area contributed by atoms with Crippen molar-refractivity contribution in [3.63, 3.8) is 0 Å². The molecule has 2 N–H and O–H groups in total. The Bertz CT molecular complexity index is 625. The molecule has 3 nitrogen and oxygen atoms in total. The van der Waals surface area contributed by atoms with Gasteiger partial charge >= 0.3 is 0 Å². The highest BCUT2D eigenvalue weighted by Gasteiger charge is 2.32. The zero-order valence-electron chi connectivity index (χ0n) is 9.97. The summed E-state index contributed by atoms with van der Waals surface area (Å²) < 4.78 is 0.581. The van der Waals surface area contributed by atoms with E-state index in [9.17, 15) is 9.90 Å². The summed E-state index contributed by atoms with van der Waals surface area (Å²) in [6, 6.07) is 10.8. The molecule has 0 bridgehead atoms. The van der Waals surface area contributed by atoms with Crippen molar-refractivity contribution in [3.8, 4) is 0 Å². The van der Waals surface area contributed by atoms with E-state index in [1.807, 2.05) is 24.3 Å². The smallest absolute Gasteiger partial charge is 0.261 e. The van der Waals surface area contributed by atoms with Gasteiger partial charge in [-0.1, -0.05) is 35.9 Å². The van der Waals surface area contributed by atoms with E-state index in [0.29, 0.717) is 15.6 Å². The Balaban J connectivity index is 1.82. The van der Waals surface area contributed by atoms with Crippen molar-refractivity contribution in [1.82, 2.24) is 5.32 Å². The number of aliphatic hydroxyl groups excluding tert-OH is 1. The number of fused-ring (bicyclic) bond motifs is 1. The molecule has 1 amide bonds. The van der Waals surface area contributed by atoms with E-state index in [4.69, 9.17) is 11.6 Å². The fraction of sp³-hybridized carbons (Fsp3) is 0.214. The molecule has 1 aromatic heterocycles. The number of carbonyl (C=O) groups is 1. The summed E-state index contributed by atoms with van der Waals surface area (Å²) in [6.07, 6.45) is 0.00329. The van der Waals surface area contributed by atoms with Crippen LogP contribution in [-0.2, 0) is 6.42 Å². The lowest BCUT2D eigenvalue weighted by Gasteiger charge is -2.17. The predicted octanol–water partition coefficient (Wildman–Crippen LogP) is 2.79. The predicted molar refractivity (Wildman–Crippen MR) is 75.7 cm³/mol. The molecular weight excluding hydrogens is 282 g/mol. The maximum Gasteiger partial charge on any atom is 0.261 e. The molecule has 0 saturated carbocycles. The highest BCUT2D eigenvalue weighted by Crippen LogP contribution is 2.32. The third-order valence-corrected chi connectivity index (χ3v) is 4.52. The van der Waals surface area contributed by atoms with Crippen molar-refractivity contribution >= 4 is 28.8 Å². The number of benzene rings is 1. The second-order valence-corrected chi connectivity index (χ2v) is 6.24. The average molecular weight is 294 g/mol. The van der Waals surface area contributed by atoms with Crippen LogP contribution in [0.15, 0.2) is 36.4 Å². The first kappa shape index (κ1) is 12.7. The van der Waals surface area contributed by atoms with Gasteiger partial charge in [-0.3, -0.25) is 4.79 Å². The summed E-state index contributed by atoms with van der Waals surface area (Å²) >= 11 is 7.05. The van der Waals surface area contributed by atoms with E-state index in [0.717, 1.165) is 11.1 Å². The highest BCUT2D eigenvalue weighted by atomic mass is 35.5. The Labute approximate surface area is 119 Å². The number of carbonyl (C=O) groups excluding carboxylic acids is 1. The fourth-order valence-electron chi connectivity index (χ4n) is 2.40. The number of halogens is 1. The van der Waals surface area contributed by atoms with E-state index >= 15 is 0 Å². The quantitative estimate of drug-likeness (QED) is 0.894. The van der Waals surface area contributed by atoms with Crippen LogP contribution in [0.1, 0.15) is 26.8 Å². The Kier molecular flexibility index (Phi) is 3.31. The number of thiophene rings is 1. The standard InChI is InChI=1S/C14H12ClNO2S/c15-12-6-5-11(19-12)14(18)16-13-9-4-2-1-3-8(9)7-10(13)17/h1-6,10,13,17H,7H2,(H,16,18)/t10-,13+/m1/s1. The Hall–Kier alpha value is -1.36. The summed E-state index contributed by atoms with van der Waals surface area (Å²) in [7, 11) is 0. The van der Waals surface area contributed by atoms with Crippen molar-refractivity contribution in [1.29, 1.82) is 0 Å². The van der Waals surface area contributed by atoms with Crippen molar-refractivity contribution in [3.05, 3.63) is 56.7 Å². The molecule has 1 aliphatic carbocycles. The summed E-state index contributed by atoms with van der Waals surface area (Å²) in [5.74, 6) is -0.197. The minimum Gasteiger partial charge on any atom is -0.390 e. The van der Waals surface area contributed by atoms with Crippen LogP contribution in [0.5, 0.6) is 0 Å². The molecule has 1 aromatic carbocycles. The molecule has 2 aromatic rings. The molecule has 0 saturated heterocycles. The van der Waals surface area contributed by atoms with E-state index in [1.165, 1.54) is 11.3 Å². The zero-order valence-corrected chi connectivity index (χ0v) is 11.5. The summed E-state index contributed by atoms with van der Waals surface area (Å²) in [4.78, 5) is 12.7. The first-order valence-corrected chi connectivity index (χ1v) is 7.16. The van der Waals surface area contributed by atoms with Gasteiger partial charge in [-0.2, -0.15) is 0 Å². The van der Waals surface area contributed by atoms with E-state index in [2.05, 4.69) is 5.32 Å². The molecule has 5 heteroatoms. The van der Waals surface area contributed by atoms with Gasteiger partial charge in [0.25, 0.3) is 5.91 Å². The van der Waals surface area contributed by atoms with Gasteiger partial charge in [0.1, 0.15) is 0 Å². The Morgan fingerprint density at radius 2 is 2.11 bits per heavy atom. The Morgan fingerprint density at radius 3 is 2.84 bits per heavy atom. The number of nitrogens with one attached hydrogen (secondary N) is 1. The molecule has 3 rings (SSSR count). The van der Waals surface area contributed by atoms with Crippen LogP contribution in [0.25, 0.3) is 0 Å². The lowest BCUT2D eigenvalue weighted by atomic mass is 10.1. The topological polar surface area (TPSA) is 49.3 Å². The van der Waals surface area contributed by atoms with Crippen LogP contribution < -0.4 is 5.32 Å². The van der Waals surface area contributed by atoms with Gasteiger partial charge in [-0.25, -0.2) is 0 Å². The van der Waals surface area contributed by atoms with E-state index in [-0.39, 0.29) is 11.9 Å². The maximum atomic E-state index is 12.1. The van der Waals surface area contributed by atoms with Gasteiger partial charge in [-0.05, 0) is 23.3 Å². The number of amides is 1. The van der Waals surface area contributed by atoms with Crippen LogP contribution in [0.4, 0.5) is 0 Å². The fourth-order valence-corrected chi connectivity index (χ4v) is 3.34. The molecule has 2 atom stereocenters. The average Bonchev–Trinajstić information content (AvgIpc) is 2.95. The molecule has 1 aliphatic rings.